The van der Waals surface area contributed by atoms with Crippen LogP contribution in [0.25, 0.3) is 0 Å². The first-order chi connectivity index (χ1) is 16.5. The van der Waals surface area contributed by atoms with E-state index in [1.54, 1.807) is 13.8 Å². The van der Waals surface area contributed by atoms with Crippen LogP contribution in [0.3, 0.4) is 0 Å². The van der Waals surface area contributed by atoms with Gasteiger partial charge in [0.1, 0.15) is 6.04 Å². The van der Waals surface area contributed by atoms with Crippen molar-refractivity contribution >= 4 is 23.7 Å². The van der Waals surface area contributed by atoms with E-state index in [0.717, 1.165) is 12.8 Å². The molecule has 2 aliphatic rings. The van der Waals surface area contributed by atoms with E-state index in [9.17, 15) is 24.3 Å². The maximum atomic E-state index is 12.6. The van der Waals surface area contributed by atoms with Crippen LogP contribution in [0.2, 0.25) is 0 Å². The smallest absolute Gasteiger partial charge is 0.334 e. The van der Waals surface area contributed by atoms with E-state index in [2.05, 4.69) is 38.3 Å². The number of carboxylic acid groups (broad SMARTS) is 1. The van der Waals surface area contributed by atoms with Gasteiger partial charge in [-0.1, -0.05) is 81.1 Å². The molecule has 1 heterocycles. The number of likely N-dealkylation sites (tertiary alicyclic amines) is 1. The fourth-order valence-electron chi connectivity index (χ4n) is 3.24. The van der Waals surface area contributed by atoms with Gasteiger partial charge in [-0.15, -0.1) is 0 Å². The highest BCUT2D eigenvalue weighted by Crippen LogP contribution is 2.34. The molecule has 4 N–H and O–H groups in total. The van der Waals surface area contributed by atoms with Crippen LogP contribution < -0.4 is 10.6 Å². The molecule has 9 heteroatoms. The first kappa shape index (κ1) is 35.0. The van der Waals surface area contributed by atoms with E-state index >= 15 is 0 Å². The predicted molar refractivity (Wildman–Crippen MR) is 139 cm³/mol. The van der Waals surface area contributed by atoms with Crippen LogP contribution >= 0.6 is 0 Å². The molecule has 0 aromatic heterocycles. The topological polar surface area (TPSA) is 136 Å². The quantitative estimate of drug-likeness (QED) is 0.383. The molecular formula is C26H51N3O6. The van der Waals surface area contributed by atoms with Crippen molar-refractivity contribution in [1.82, 2.24) is 15.5 Å². The summed E-state index contributed by atoms with van der Waals surface area (Å²) in [6.45, 7) is 16.2. The lowest BCUT2D eigenvalue weighted by Gasteiger charge is -2.28. The number of hydrogen-bond acceptors (Lipinski definition) is 5. The molecule has 35 heavy (non-hydrogen) atoms. The summed E-state index contributed by atoms with van der Waals surface area (Å²) in [5, 5.41) is 24.1. The normalized spacial score (nSPS) is 17.9. The van der Waals surface area contributed by atoms with E-state index < -0.39 is 30.1 Å². The SMILES string of the molecule is CC.CC(C)C(=O)NCC(=O)N1CCCC1C(=O)NC(CC1CC1)C(O)C(=O)O.CCC.CCC. The highest BCUT2D eigenvalue weighted by molar-refractivity contribution is 5.91. The van der Waals surface area contributed by atoms with Gasteiger partial charge in [0.05, 0.1) is 12.6 Å². The number of amides is 3. The molecule has 2 rings (SSSR count). The number of aliphatic carboxylic acids is 1. The van der Waals surface area contributed by atoms with Crippen molar-refractivity contribution in [2.45, 2.75) is 119 Å². The second kappa shape index (κ2) is 20.1. The molecule has 3 unspecified atom stereocenters. The largest absolute Gasteiger partial charge is 0.479 e. The first-order valence-corrected chi connectivity index (χ1v) is 13.3. The summed E-state index contributed by atoms with van der Waals surface area (Å²) in [5.74, 6) is -2.34. The van der Waals surface area contributed by atoms with Gasteiger partial charge in [0.15, 0.2) is 6.10 Å². The lowest BCUT2D eigenvalue weighted by atomic mass is 10.0. The van der Waals surface area contributed by atoms with Gasteiger partial charge in [-0.25, -0.2) is 4.79 Å². The highest BCUT2D eigenvalue weighted by Gasteiger charge is 2.38. The van der Waals surface area contributed by atoms with Crippen LogP contribution in [0.4, 0.5) is 0 Å². The zero-order valence-corrected chi connectivity index (χ0v) is 23.2. The van der Waals surface area contributed by atoms with Gasteiger partial charge in [-0.3, -0.25) is 14.4 Å². The average molecular weight is 502 g/mol. The van der Waals surface area contributed by atoms with E-state index in [1.165, 1.54) is 17.7 Å². The molecule has 0 spiro atoms. The van der Waals surface area contributed by atoms with Crippen molar-refractivity contribution in [2.24, 2.45) is 11.8 Å². The Labute approximate surface area is 212 Å². The first-order valence-electron chi connectivity index (χ1n) is 13.3. The number of carbonyl (C=O) groups is 4. The van der Waals surface area contributed by atoms with E-state index in [1.807, 2.05) is 13.8 Å². The standard InChI is InChI=1S/C18H29N3O6.2C3H8.C2H6/c1-10(2)16(24)19-9-14(22)21-7-3-4-13(21)17(25)20-12(8-11-5-6-11)15(23)18(26)27;2*1-3-2;1-2/h10-13,15,23H,3-9H2,1-2H3,(H,19,24)(H,20,25)(H,26,27);2*3H2,1-2H3;1-2H3. The number of rotatable bonds is 9. The summed E-state index contributed by atoms with van der Waals surface area (Å²) >= 11 is 0. The summed E-state index contributed by atoms with van der Waals surface area (Å²) in [6, 6.07) is -1.59. The minimum Gasteiger partial charge on any atom is -0.479 e. The molecular weight excluding hydrogens is 450 g/mol. The third-order valence-corrected chi connectivity index (χ3v) is 5.06. The monoisotopic (exact) mass is 501 g/mol. The zero-order valence-electron chi connectivity index (χ0n) is 23.2. The Morgan fingerprint density at radius 1 is 0.971 bits per heavy atom. The zero-order chi connectivity index (χ0) is 27.6. The number of hydrogen-bond donors (Lipinski definition) is 4. The molecule has 3 atom stereocenters. The minimum absolute atomic E-state index is 0.177. The van der Waals surface area contributed by atoms with Crippen molar-refractivity contribution in [3.05, 3.63) is 0 Å². The molecule has 0 aromatic rings. The molecule has 0 aromatic carbocycles. The van der Waals surface area contributed by atoms with E-state index in [4.69, 9.17) is 5.11 Å². The van der Waals surface area contributed by atoms with E-state index in [0.29, 0.717) is 31.7 Å². The van der Waals surface area contributed by atoms with Gasteiger partial charge >= 0.3 is 5.97 Å². The van der Waals surface area contributed by atoms with Crippen molar-refractivity contribution in [2.75, 3.05) is 13.1 Å². The van der Waals surface area contributed by atoms with Crippen LogP contribution in [0.5, 0.6) is 0 Å². The van der Waals surface area contributed by atoms with E-state index in [-0.39, 0.29) is 24.3 Å². The third-order valence-electron chi connectivity index (χ3n) is 5.06. The molecule has 0 radical (unpaired) electrons. The fourth-order valence-corrected chi connectivity index (χ4v) is 3.24. The van der Waals surface area contributed by atoms with Gasteiger partial charge in [-0.05, 0) is 25.2 Å². The number of carboxylic acids is 1. The molecule has 1 saturated heterocycles. The van der Waals surface area contributed by atoms with Crippen molar-refractivity contribution in [3.63, 3.8) is 0 Å². The predicted octanol–water partition coefficient (Wildman–Crippen LogP) is 3.34. The Bertz CT molecular complexity index is 620. The van der Waals surface area contributed by atoms with Crippen LogP contribution in [-0.4, -0.2) is 70.1 Å². The van der Waals surface area contributed by atoms with Gasteiger partial charge in [-0.2, -0.15) is 0 Å². The Morgan fingerprint density at radius 2 is 1.49 bits per heavy atom. The Kier molecular flexibility index (Phi) is 20.1. The lowest BCUT2D eigenvalue weighted by molar-refractivity contribution is -0.149. The highest BCUT2D eigenvalue weighted by atomic mass is 16.4. The molecule has 3 amide bonds. The molecule has 9 nitrogen and oxygen atoms in total. The van der Waals surface area contributed by atoms with Gasteiger partial charge in [0, 0.05) is 12.5 Å². The Morgan fingerprint density at radius 3 is 1.91 bits per heavy atom. The number of aliphatic hydroxyl groups excluding tert-OH is 1. The average Bonchev–Trinajstić information content (AvgIpc) is 3.49. The number of nitrogens with one attached hydrogen (secondary N) is 2. The molecule has 1 saturated carbocycles. The molecule has 2 fully saturated rings. The van der Waals surface area contributed by atoms with Gasteiger partial charge < -0.3 is 25.7 Å². The second-order valence-electron chi connectivity index (χ2n) is 9.11. The van der Waals surface area contributed by atoms with Crippen LogP contribution in [0.1, 0.15) is 100 Å². The van der Waals surface area contributed by atoms with Crippen molar-refractivity contribution in [3.8, 4) is 0 Å². The molecule has 1 aliphatic carbocycles. The number of nitrogens with zero attached hydrogens (tertiary/aromatic N) is 1. The Hall–Kier alpha value is -2.16. The molecule has 206 valence electrons. The lowest BCUT2D eigenvalue weighted by Crippen LogP contribution is -2.54. The van der Waals surface area contributed by atoms with Crippen molar-refractivity contribution in [1.29, 1.82) is 0 Å². The number of carbonyl (C=O) groups excluding carboxylic acids is 3. The summed E-state index contributed by atoms with van der Waals surface area (Å²) in [5.41, 5.74) is 0. The van der Waals surface area contributed by atoms with Crippen LogP contribution in [0, 0.1) is 11.8 Å². The third kappa shape index (κ3) is 14.8. The summed E-state index contributed by atoms with van der Waals surface area (Å²) in [7, 11) is 0. The Balaban J connectivity index is 0. The van der Waals surface area contributed by atoms with Crippen LogP contribution in [0.15, 0.2) is 0 Å². The summed E-state index contributed by atoms with van der Waals surface area (Å²) < 4.78 is 0. The summed E-state index contributed by atoms with van der Waals surface area (Å²) in [6.07, 6.45) is 4.27. The maximum Gasteiger partial charge on any atom is 0.334 e. The second-order valence-corrected chi connectivity index (χ2v) is 9.11. The fraction of sp³-hybridized carbons (Fsp3) is 0.846. The van der Waals surface area contributed by atoms with Crippen molar-refractivity contribution < 1.29 is 29.4 Å². The molecule has 1 aliphatic heterocycles. The minimum atomic E-state index is -1.68. The van der Waals surface area contributed by atoms with Gasteiger partial charge in [0.2, 0.25) is 17.7 Å². The summed E-state index contributed by atoms with van der Waals surface area (Å²) in [4.78, 5) is 49.2. The number of aliphatic hydroxyl groups is 1. The van der Waals surface area contributed by atoms with Gasteiger partial charge in [0.25, 0.3) is 0 Å². The molecule has 0 bridgehead atoms. The van der Waals surface area contributed by atoms with Crippen LogP contribution in [-0.2, 0) is 19.2 Å². The maximum absolute atomic E-state index is 12.6.